The molecule has 6 nitrogen and oxygen atoms in total. The van der Waals surface area contributed by atoms with Crippen LogP contribution in [0.15, 0.2) is 48.5 Å². The number of rotatable bonds is 8. The first kappa shape index (κ1) is 21.7. The molecule has 0 aromatic heterocycles. The molecule has 0 aliphatic carbocycles. The standard InChI is InChI=1S/C24H31N3O3/c1-17(2)22(26-23(28)19-8-12-21(30-3)13-9-19)24(29)25-16-18-6-10-20(11-7-18)27-14-4-5-15-27/h6-13,17,22H,4-5,14-16H2,1-3H3,(H,25,29)(H,26,28). The molecule has 1 fully saturated rings. The zero-order valence-corrected chi connectivity index (χ0v) is 18.0. The Kier molecular flexibility index (Phi) is 7.33. The quantitative estimate of drug-likeness (QED) is 0.701. The summed E-state index contributed by atoms with van der Waals surface area (Å²) in [4.78, 5) is 27.7. The van der Waals surface area contributed by atoms with Crippen LogP contribution in [0.25, 0.3) is 0 Å². The van der Waals surface area contributed by atoms with Crippen LogP contribution >= 0.6 is 0 Å². The molecule has 2 amide bonds. The van der Waals surface area contributed by atoms with Crippen molar-refractivity contribution in [3.63, 3.8) is 0 Å². The second-order valence-corrected chi connectivity index (χ2v) is 8.00. The minimum Gasteiger partial charge on any atom is -0.497 e. The van der Waals surface area contributed by atoms with Gasteiger partial charge >= 0.3 is 0 Å². The van der Waals surface area contributed by atoms with Crippen LogP contribution in [0, 0.1) is 5.92 Å². The minimum absolute atomic E-state index is 0.0373. The molecular formula is C24H31N3O3. The molecule has 0 saturated carbocycles. The maximum Gasteiger partial charge on any atom is 0.251 e. The average Bonchev–Trinajstić information content (AvgIpc) is 3.31. The van der Waals surface area contributed by atoms with Crippen molar-refractivity contribution in [2.45, 2.75) is 39.3 Å². The number of carbonyl (C=O) groups is 2. The van der Waals surface area contributed by atoms with Crippen molar-refractivity contribution in [1.82, 2.24) is 10.6 Å². The maximum atomic E-state index is 12.7. The van der Waals surface area contributed by atoms with E-state index in [0.29, 0.717) is 17.9 Å². The molecule has 2 N–H and O–H groups in total. The fourth-order valence-corrected chi connectivity index (χ4v) is 3.60. The smallest absolute Gasteiger partial charge is 0.251 e. The number of nitrogens with one attached hydrogen (secondary N) is 2. The number of anilines is 1. The Labute approximate surface area is 178 Å². The van der Waals surface area contributed by atoms with Crippen LogP contribution in [-0.2, 0) is 11.3 Å². The topological polar surface area (TPSA) is 70.7 Å². The third kappa shape index (κ3) is 5.53. The van der Waals surface area contributed by atoms with Gasteiger partial charge in [0, 0.05) is 30.9 Å². The van der Waals surface area contributed by atoms with Crippen LogP contribution in [0.4, 0.5) is 5.69 Å². The van der Waals surface area contributed by atoms with Gasteiger partial charge in [-0.15, -0.1) is 0 Å². The van der Waals surface area contributed by atoms with Crippen molar-refractivity contribution in [2.24, 2.45) is 5.92 Å². The highest BCUT2D eigenvalue weighted by Gasteiger charge is 2.24. The van der Waals surface area contributed by atoms with Crippen molar-refractivity contribution < 1.29 is 14.3 Å². The van der Waals surface area contributed by atoms with E-state index in [4.69, 9.17) is 4.74 Å². The van der Waals surface area contributed by atoms with Crippen molar-refractivity contribution in [2.75, 3.05) is 25.1 Å². The Balaban J connectivity index is 1.56. The summed E-state index contributed by atoms with van der Waals surface area (Å²) in [5, 5.41) is 5.81. The Morgan fingerprint density at radius 3 is 2.20 bits per heavy atom. The summed E-state index contributed by atoms with van der Waals surface area (Å²) >= 11 is 0. The van der Waals surface area contributed by atoms with E-state index in [0.717, 1.165) is 18.7 Å². The number of benzene rings is 2. The molecule has 0 radical (unpaired) electrons. The Bertz CT molecular complexity index is 841. The monoisotopic (exact) mass is 409 g/mol. The van der Waals surface area contributed by atoms with Gasteiger partial charge < -0.3 is 20.3 Å². The van der Waals surface area contributed by atoms with E-state index in [9.17, 15) is 9.59 Å². The predicted octanol–water partition coefficient (Wildman–Crippen LogP) is 3.37. The lowest BCUT2D eigenvalue weighted by molar-refractivity contribution is -0.124. The predicted molar refractivity (Wildman–Crippen MR) is 119 cm³/mol. The number of hydrogen-bond acceptors (Lipinski definition) is 4. The van der Waals surface area contributed by atoms with Gasteiger partial charge in [0.2, 0.25) is 5.91 Å². The van der Waals surface area contributed by atoms with Gasteiger partial charge in [-0.05, 0) is 60.7 Å². The summed E-state index contributed by atoms with van der Waals surface area (Å²) in [6.07, 6.45) is 2.49. The number of amides is 2. The highest BCUT2D eigenvalue weighted by atomic mass is 16.5. The molecule has 0 spiro atoms. The van der Waals surface area contributed by atoms with Crippen molar-refractivity contribution in [3.05, 3.63) is 59.7 Å². The molecule has 2 aromatic carbocycles. The first-order chi connectivity index (χ1) is 14.5. The van der Waals surface area contributed by atoms with E-state index in [2.05, 4.69) is 27.7 Å². The van der Waals surface area contributed by atoms with E-state index >= 15 is 0 Å². The second-order valence-electron chi connectivity index (χ2n) is 8.00. The molecule has 1 atom stereocenters. The molecule has 2 aromatic rings. The number of ether oxygens (including phenoxy) is 1. The van der Waals surface area contributed by atoms with Crippen LogP contribution in [0.5, 0.6) is 5.75 Å². The van der Waals surface area contributed by atoms with Crippen molar-refractivity contribution >= 4 is 17.5 Å². The molecule has 1 unspecified atom stereocenters. The van der Waals surface area contributed by atoms with E-state index < -0.39 is 6.04 Å². The van der Waals surface area contributed by atoms with Gasteiger partial charge in [0.15, 0.2) is 0 Å². The lowest BCUT2D eigenvalue weighted by atomic mass is 10.0. The van der Waals surface area contributed by atoms with Gasteiger partial charge in [-0.3, -0.25) is 9.59 Å². The van der Waals surface area contributed by atoms with Gasteiger partial charge in [-0.25, -0.2) is 0 Å². The van der Waals surface area contributed by atoms with Crippen molar-refractivity contribution in [3.8, 4) is 5.75 Å². The lowest BCUT2D eigenvalue weighted by Gasteiger charge is -2.22. The third-order valence-corrected chi connectivity index (χ3v) is 5.46. The van der Waals surface area contributed by atoms with Crippen LogP contribution in [0.1, 0.15) is 42.6 Å². The first-order valence-corrected chi connectivity index (χ1v) is 10.5. The fourth-order valence-electron chi connectivity index (χ4n) is 3.60. The normalized spacial score (nSPS) is 14.5. The van der Waals surface area contributed by atoms with E-state index in [1.807, 2.05) is 26.0 Å². The number of nitrogens with zero attached hydrogens (tertiary/aromatic N) is 1. The highest BCUT2D eigenvalue weighted by Crippen LogP contribution is 2.20. The van der Waals surface area contributed by atoms with Crippen LogP contribution in [0.3, 0.4) is 0 Å². The largest absolute Gasteiger partial charge is 0.497 e. The zero-order valence-electron chi connectivity index (χ0n) is 18.0. The number of methoxy groups -OCH3 is 1. The third-order valence-electron chi connectivity index (χ3n) is 5.46. The number of carbonyl (C=O) groups excluding carboxylic acids is 2. The summed E-state index contributed by atoms with van der Waals surface area (Å²) in [5.41, 5.74) is 2.76. The molecule has 6 heteroatoms. The minimum atomic E-state index is -0.608. The summed E-state index contributed by atoms with van der Waals surface area (Å²) in [6, 6.07) is 14.5. The van der Waals surface area contributed by atoms with Crippen LogP contribution < -0.4 is 20.3 Å². The summed E-state index contributed by atoms with van der Waals surface area (Å²) in [6.45, 7) is 6.49. The Morgan fingerprint density at radius 1 is 1.00 bits per heavy atom. The van der Waals surface area contributed by atoms with E-state index in [1.54, 1.807) is 31.4 Å². The van der Waals surface area contributed by atoms with Gasteiger partial charge in [-0.2, -0.15) is 0 Å². The molecule has 0 bridgehead atoms. The second kappa shape index (κ2) is 10.1. The Morgan fingerprint density at radius 2 is 1.63 bits per heavy atom. The van der Waals surface area contributed by atoms with Crippen LogP contribution in [0.2, 0.25) is 0 Å². The first-order valence-electron chi connectivity index (χ1n) is 10.5. The van der Waals surface area contributed by atoms with E-state index in [1.165, 1.54) is 18.5 Å². The van der Waals surface area contributed by atoms with Gasteiger partial charge in [0.05, 0.1) is 7.11 Å². The van der Waals surface area contributed by atoms with Crippen molar-refractivity contribution in [1.29, 1.82) is 0 Å². The zero-order chi connectivity index (χ0) is 21.5. The van der Waals surface area contributed by atoms with Gasteiger partial charge in [0.1, 0.15) is 11.8 Å². The lowest BCUT2D eigenvalue weighted by Crippen LogP contribution is -2.49. The summed E-state index contributed by atoms with van der Waals surface area (Å²) in [7, 11) is 1.58. The molecule has 1 heterocycles. The molecule has 1 aliphatic heterocycles. The molecular weight excluding hydrogens is 378 g/mol. The summed E-state index contributed by atoms with van der Waals surface area (Å²) in [5.74, 6) is 0.183. The molecule has 3 rings (SSSR count). The van der Waals surface area contributed by atoms with Gasteiger partial charge in [0.25, 0.3) is 5.91 Å². The van der Waals surface area contributed by atoms with Gasteiger partial charge in [-0.1, -0.05) is 26.0 Å². The molecule has 30 heavy (non-hydrogen) atoms. The molecule has 160 valence electrons. The SMILES string of the molecule is COc1ccc(C(=O)NC(C(=O)NCc2ccc(N3CCCC3)cc2)C(C)C)cc1. The average molecular weight is 410 g/mol. The molecule has 1 aliphatic rings. The molecule has 1 saturated heterocycles. The fraction of sp³-hybridized carbons (Fsp3) is 0.417. The number of hydrogen-bond donors (Lipinski definition) is 2. The Hall–Kier alpha value is -3.02. The summed E-state index contributed by atoms with van der Waals surface area (Å²) < 4.78 is 5.12. The van der Waals surface area contributed by atoms with Crippen LogP contribution in [-0.4, -0.2) is 38.1 Å². The highest BCUT2D eigenvalue weighted by molar-refractivity contribution is 5.97. The maximum absolute atomic E-state index is 12.7. The van der Waals surface area contributed by atoms with E-state index in [-0.39, 0.29) is 17.7 Å².